The molecule has 0 saturated carbocycles. The van der Waals surface area contributed by atoms with Crippen molar-refractivity contribution in [3.8, 4) is 11.3 Å². The van der Waals surface area contributed by atoms with Gasteiger partial charge in [-0.3, -0.25) is 14.6 Å². The molecule has 8 nitrogen and oxygen atoms in total. The molecule has 1 atom stereocenters. The lowest BCUT2D eigenvalue weighted by molar-refractivity contribution is -0.120. The quantitative estimate of drug-likeness (QED) is 0.590. The third kappa shape index (κ3) is 4.60. The number of hydrogen-bond donors (Lipinski definition) is 1. The van der Waals surface area contributed by atoms with Gasteiger partial charge < -0.3 is 5.32 Å². The predicted molar refractivity (Wildman–Crippen MR) is 128 cm³/mol. The first-order chi connectivity index (χ1) is 15.9. The third-order valence-corrected chi connectivity index (χ3v) is 5.71. The Morgan fingerprint density at radius 1 is 1.24 bits per heavy atom. The summed E-state index contributed by atoms with van der Waals surface area (Å²) in [5.74, 6) is -0.910. The molecule has 0 aliphatic carbocycles. The fourth-order valence-corrected chi connectivity index (χ4v) is 4.11. The first kappa shape index (κ1) is 22.5. The van der Waals surface area contributed by atoms with Crippen LogP contribution in [0.1, 0.15) is 56.9 Å². The van der Waals surface area contributed by atoms with Crippen molar-refractivity contribution in [3.63, 3.8) is 0 Å². The molecule has 3 aromatic rings. The molecule has 0 fully saturated rings. The van der Waals surface area contributed by atoms with E-state index in [0.29, 0.717) is 28.0 Å². The van der Waals surface area contributed by atoms with Crippen LogP contribution in [0.5, 0.6) is 0 Å². The standard InChI is InChI=1S/C25H28N6O2/c1-5-6-18-11-16(4)29-25(33)20(18)13-27-24(32)19-12-22(17-7-9-26-10-8-17)30-23-21(19)14-28-31(23)15(2)3/h7-12,14-15,20H,5-6,13H2,1-4H3,(H,27,32). The first-order valence-electron chi connectivity index (χ1n) is 11.3. The van der Waals surface area contributed by atoms with Gasteiger partial charge in [-0.2, -0.15) is 5.10 Å². The van der Waals surface area contributed by atoms with Crippen molar-refractivity contribution in [3.05, 3.63) is 54.0 Å². The molecule has 33 heavy (non-hydrogen) atoms. The van der Waals surface area contributed by atoms with Crippen molar-refractivity contribution >= 4 is 28.6 Å². The normalized spacial score (nSPS) is 16.2. The fourth-order valence-electron chi connectivity index (χ4n) is 4.11. The highest BCUT2D eigenvalue weighted by atomic mass is 16.2. The number of carbonyl (C=O) groups excluding carboxylic acids is 2. The zero-order valence-electron chi connectivity index (χ0n) is 19.4. The van der Waals surface area contributed by atoms with Crippen LogP contribution in [0.4, 0.5) is 0 Å². The minimum absolute atomic E-state index is 0.0845. The largest absolute Gasteiger partial charge is 0.351 e. The van der Waals surface area contributed by atoms with Crippen LogP contribution in [-0.2, 0) is 4.79 Å². The van der Waals surface area contributed by atoms with E-state index in [1.54, 1.807) is 29.3 Å². The molecule has 3 aromatic heterocycles. The molecule has 0 bridgehead atoms. The van der Waals surface area contributed by atoms with E-state index < -0.39 is 5.92 Å². The Morgan fingerprint density at radius 2 is 2.00 bits per heavy atom. The van der Waals surface area contributed by atoms with Crippen molar-refractivity contribution in [1.29, 1.82) is 0 Å². The van der Waals surface area contributed by atoms with Crippen LogP contribution in [0.2, 0.25) is 0 Å². The lowest BCUT2D eigenvalue weighted by Gasteiger charge is -2.21. The van der Waals surface area contributed by atoms with Crippen LogP contribution in [0.15, 0.2) is 53.4 Å². The van der Waals surface area contributed by atoms with Gasteiger partial charge in [-0.25, -0.2) is 14.7 Å². The molecule has 4 heterocycles. The van der Waals surface area contributed by atoms with E-state index in [-0.39, 0.29) is 24.4 Å². The van der Waals surface area contributed by atoms with E-state index >= 15 is 0 Å². The van der Waals surface area contributed by atoms with Crippen LogP contribution in [0, 0.1) is 5.92 Å². The number of pyridine rings is 2. The van der Waals surface area contributed by atoms with E-state index in [1.165, 1.54) is 0 Å². The Hall–Kier alpha value is -3.68. The van der Waals surface area contributed by atoms with E-state index in [4.69, 9.17) is 4.98 Å². The highest BCUT2D eigenvalue weighted by Gasteiger charge is 2.27. The van der Waals surface area contributed by atoms with Crippen molar-refractivity contribution in [2.45, 2.75) is 46.6 Å². The molecule has 0 radical (unpaired) electrons. The van der Waals surface area contributed by atoms with Gasteiger partial charge in [0.15, 0.2) is 5.65 Å². The minimum Gasteiger partial charge on any atom is -0.351 e. The van der Waals surface area contributed by atoms with E-state index in [2.05, 4.69) is 27.3 Å². The highest BCUT2D eigenvalue weighted by molar-refractivity contribution is 6.08. The summed E-state index contributed by atoms with van der Waals surface area (Å²) in [4.78, 5) is 38.9. The number of carbonyl (C=O) groups is 2. The van der Waals surface area contributed by atoms with Gasteiger partial charge in [0.2, 0.25) is 0 Å². The predicted octanol–water partition coefficient (Wildman–Crippen LogP) is 4.15. The molecule has 170 valence electrons. The van der Waals surface area contributed by atoms with Crippen LogP contribution < -0.4 is 5.32 Å². The van der Waals surface area contributed by atoms with Crippen LogP contribution in [-0.4, -0.2) is 43.8 Å². The third-order valence-electron chi connectivity index (χ3n) is 5.71. The number of dihydropyridines is 1. The average Bonchev–Trinajstić information content (AvgIpc) is 3.23. The monoisotopic (exact) mass is 444 g/mol. The van der Waals surface area contributed by atoms with Crippen molar-refractivity contribution in [2.24, 2.45) is 10.9 Å². The Labute approximate surface area is 192 Å². The van der Waals surface area contributed by atoms with Gasteiger partial charge in [-0.05, 0) is 51.5 Å². The summed E-state index contributed by atoms with van der Waals surface area (Å²) in [7, 11) is 0. The van der Waals surface area contributed by atoms with Gasteiger partial charge in [0.1, 0.15) is 0 Å². The Morgan fingerprint density at radius 3 is 2.70 bits per heavy atom. The van der Waals surface area contributed by atoms with Gasteiger partial charge in [0.05, 0.1) is 28.8 Å². The van der Waals surface area contributed by atoms with Gasteiger partial charge in [-0.15, -0.1) is 0 Å². The Balaban J connectivity index is 1.68. The topological polar surface area (TPSA) is 102 Å². The summed E-state index contributed by atoms with van der Waals surface area (Å²) in [5.41, 5.74) is 4.37. The van der Waals surface area contributed by atoms with Crippen molar-refractivity contribution in [2.75, 3.05) is 6.54 Å². The summed E-state index contributed by atoms with van der Waals surface area (Å²) in [6.07, 6.45) is 8.74. The first-order valence-corrected chi connectivity index (χ1v) is 11.3. The number of nitrogens with zero attached hydrogens (tertiary/aromatic N) is 5. The number of rotatable bonds is 7. The van der Waals surface area contributed by atoms with E-state index in [9.17, 15) is 9.59 Å². The van der Waals surface area contributed by atoms with Gasteiger partial charge >= 0.3 is 0 Å². The summed E-state index contributed by atoms with van der Waals surface area (Å²) in [6.45, 7) is 8.14. The lowest BCUT2D eigenvalue weighted by Crippen LogP contribution is -2.35. The highest BCUT2D eigenvalue weighted by Crippen LogP contribution is 2.27. The molecule has 4 rings (SSSR count). The molecule has 8 heteroatoms. The van der Waals surface area contributed by atoms with Crippen molar-refractivity contribution in [1.82, 2.24) is 25.1 Å². The van der Waals surface area contributed by atoms with E-state index in [0.717, 1.165) is 24.0 Å². The van der Waals surface area contributed by atoms with Crippen molar-refractivity contribution < 1.29 is 9.59 Å². The Bertz CT molecular complexity index is 1260. The number of fused-ring (bicyclic) bond motifs is 1. The minimum atomic E-state index is -0.437. The Kier molecular flexibility index (Phi) is 6.44. The summed E-state index contributed by atoms with van der Waals surface area (Å²) in [6, 6.07) is 5.57. The van der Waals surface area contributed by atoms with Gasteiger partial charge in [-0.1, -0.05) is 18.9 Å². The number of aromatic nitrogens is 4. The summed E-state index contributed by atoms with van der Waals surface area (Å²) < 4.78 is 1.81. The van der Waals surface area contributed by atoms with Gasteiger partial charge in [0, 0.05) is 36.3 Å². The molecule has 2 amide bonds. The molecular weight excluding hydrogens is 416 g/mol. The van der Waals surface area contributed by atoms with Crippen LogP contribution in [0.3, 0.4) is 0 Å². The maximum atomic E-state index is 13.3. The molecule has 0 spiro atoms. The second-order valence-corrected chi connectivity index (χ2v) is 8.53. The SMILES string of the molecule is CCCC1=CC(C)=NC(=O)C1CNC(=O)c1cc(-c2ccncc2)nc2c1cnn2C(C)C. The number of aliphatic imine (C=N–C) groups is 1. The second kappa shape index (κ2) is 9.44. The maximum Gasteiger partial charge on any atom is 0.254 e. The zero-order valence-corrected chi connectivity index (χ0v) is 19.4. The molecule has 1 aliphatic heterocycles. The van der Waals surface area contributed by atoms with Crippen LogP contribution in [0.25, 0.3) is 22.3 Å². The molecule has 1 aliphatic rings. The summed E-state index contributed by atoms with van der Waals surface area (Å²) in [5, 5.41) is 8.10. The summed E-state index contributed by atoms with van der Waals surface area (Å²) >= 11 is 0. The van der Waals surface area contributed by atoms with E-state index in [1.807, 2.05) is 39.0 Å². The lowest BCUT2D eigenvalue weighted by atomic mass is 9.91. The number of nitrogens with one attached hydrogen (secondary N) is 1. The maximum absolute atomic E-state index is 13.3. The average molecular weight is 445 g/mol. The molecule has 0 aromatic carbocycles. The second-order valence-electron chi connectivity index (χ2n) is 8.53. The van der Waals surface area contributed by atoms with Gasteiger partial charge in [0.25, 0.3) is 11.8 Å². The number of allylic oxidation sites excluding steroid dienone is 1. The zero-order chi connectivity index (χ0) is 23.5. The fraction of sp³-hybridized carbons (Fsp3) is 0.360. The molecular formula is C25H28N6O2. The smallest absolute Gasteiger partial charge is 0.254 e. The number of amides is 2. The number of hydrogen-bond acceptors (Lipinski definition) is 5. The molecule has 0 saturated heterocycles. The molecule has 1 unspecified atom stereocenters. The van der Waals surface area contributed by atoms with Crippen LogP contribution >= 0.6 is 0 Å². The molecule has 1 N–H and O–H groups in total.